The van der Waals surface area contributed by atoms with E-state index in [0.29, 0.717) is 0 Å². The number of hydrogen-bond donors (Lipinski definition) is 0. The van der Waals surface area contributed by atoms with E-state index in [1.165, 1.54) is 0 Å². The molecule has 4 heteroatoms. The first-order valence-corrected chi connectivity index (χ1v) is 6.85. The zero-order valence-corrected chi connectivity index (χ0v) is 12.4. The summed E-state index contributed by atoms with van der Waals surface area (Å²) >= 11 is 0. The van der Waals surface area contributed by atoms with E-state index in [2.05, 4.69) is 0 Å². The minimum atomic E-state index is -0.217. The third-order valence-electron chi connectivity index (χ3n) is 3.26. The average Bonchev–Trinajstić information content (AvgIpc) is 2.80. The molecule has 2 aromatic rings. The van der Waals surface area contributed by atoms with Crippen LogP contribution in [0, 0.1) is 0 Å². The van der Waals surface area contributed by atoms with Crippen LogP contribution in [0.25, 0.3) is 11.0 Å². The molecule has 1 atom stereocenters. The number of likely N-dealkylation sites (N-methyl/N-ethyl adjacent to an activating group) is 1. The third kappa shape index (κ3) is 3.39. The van der Waals surface area contributed by atoms with Crippen molar-refractivity contribution in [3.63, 3.8) is 0 Å². The lowest BCUT2D eigenvalue weighted by molar-refractivity contribution is -0.148. The van der Waals surface area contributed by atoms with Gasteiger partial charge in [0.2, 0.25) is 0 Å². The van der Waals surface area contributed by atoms with Crippen LogP contribution >= 0.6 is 0 Å². The second kappa shape index (κ2) is 6.09. The fraction of sp³-hybridized carbons (Fsp3) is 0.438. The van der Waals surface area contributed by atoms with Crippen LogP contribution in [0.2, 0.25) is 0 Å². The van der Waals surface area contributed by atoms with E-state index in [9.17, 15) is 4.79 Å². The van der Waals surface area contributed by atoms with Gasteiger partial charge in [0.15, 0.2) is 0 Å². The smallest absolute Gasteiger partial charge is 0.320 e. The third-order valence-corrected chi connectivity index (χ3v) is 3.26. The number of ether oxygens (including phenoxy) is 1. The van der Waals surface area contributed by atoms with Crippen molar-refractivity contribution in [1.29, 1.82) is 0 Å². The average molecular weight is 275 g/mol. The molecule has 1 unspecified atom stereocenters. The zero-order chi connectivity index (χ0) is 14.7. The Labute approximate surface area is 119 Å². The molecule has 0 aliphatic carbocycles. The number of para-hydroxylation sites is 1. The highest BCUT2D eigenvalue weighted by atomic mass is 16.5. The summed E-state index contributed by atoms with van der Waals surface area (Å²) in [6, 6.07) is 9.92. The molecule has 0 aliphatic rings. The van der Waals surface area contributed by atoms with Crippen molar-refractivity contribution < 1.29 is 13.9 Å². The molecule has 0 radical (unpaired) electrons. The Hall–Kier alpha value is -1.81. The molecule has 108 valence electrons. The van der Waals surface area contributed by atoms with Crippen molar-refractivity contribution in [3.8, 4) is 0 Å². The fourth-order valence-electron chi connectivity index (χ4n) is 2.07. The summed E-state index contributed by atoms with van der Waals surface area (Å²) in [6.45, 7) is 5.96. The molecular weight excluding hydrogens is 254 g/mol. The monoisotopic (exact) mass is 275 g/mol. The maximum absolute atomic E-state index is 11.7. The Kier molecular flexibility index (Phi) is 4.45. The number of hydrogen-bond acceptors (Lipinski definition) is 4. The zero-order valence-electron chi connectivity index (χ0n) is 12.4. The minimum Gasteiger partial charge on any atom is -0.462 e. The Bertz CT molecular complexity index is 555. The van der Waals surface area contributed by atoms with Gasteiger partial charge < -0.3 is 9.15 Å². The van der Waals surface area contributed by atoms with Crippen molar-refractivity contribution in [2.45, 2.75) is 32.9 Å². The second-order valence-corrected chi connectivity index (χ2v) is 5.32. The molecule has 0 saturated carbocycles. The maximum atomic E-state index is 11.7. The van der Waals surface area contributed by atoms with E-state index < -0.39 is 0 Å². The number of fused-ring (bicyclic) bond motifs is 1. The van der Waals surface area contributed by atoms with Gasteiger partial charge in [-0.15, -0.1) is 0 Å². The van der Waals surface area contributed by atoms with Gasteiger partial charge in [0.25, 0.3) is 0 Å². The van der Waals surface area contributed by atoms with E-state index in [4.69, 9.17) is 9.15 Å². The Morgan fingerprint density at radius 3 is 2.65 bits per heavy atom. The summed E-state index contributed by atoms with van der Waals surface area (Å²) in [5.74, 6) is 0.636. The van der Waals surface area contributed by atoms with Crippen LogP contribution < -0.4 is 0 Å². The molecule has 0 bridgehead atoms. The van der Waals surface area contributed by atoms with Gasteiger partial charge in [-0.3, -0.25) is 9.69 Å². The fourth-order valence-corrected chi connectivity index (χ4v) is 2.07. The van der Waals surface area contributed by atoms with Gasteiger partial charge in [-0.25, -0.2) is 0 Å². The second-order valence-electron chi connectivity index (χ2n) is 5.32. The van der Waals surface area contributed by atoms with E-state index in [0.717, 1.165) is 16.7 Å². The molecule has 0 fully saturated rings. The first kappa shape index (κ1) is 14.6. The van der Waals surface area contributed by atoms with Crippen molar-refractivity contribution in [1.82, 2.24) is 4.90 Å². The molecule has 4 nitrogen and oxygen atoms in total. The molecule has 0 spiro atoms. The number of nitrogens with zero attached hydrogens (tertiary/aromatic N) is 1. The number of furan rings is 1. The lowest BCUT2D eigenvalue weighted by atomic mass is 10.2. The summed E-state index contributed by atoms with van der Waals surface area (Å²) in [4.78, 5) is 13.6. The van der Waals surface area contributed by atoms with Crippen LogP contribution in [0.1, 0.15) is 32.6 Å². The SMILES string of the molecule is CC(C)OC(=O)CN(C)C(C)c1cc2ccccc2o1. The predicted octanol–water partition coefficient (Wildman–Crippen LogP) is 3.38. The standard InChI is InChI=1S/C16H21NO3/c1-11(2)19-16(18)10-17(4)12(3)15-9-13-7-5-6-8-14(13)20-15/h5-9,11-12H,10H2,1-4H3. The highest BCUT2D eigenvalue weighted by molar-refractivity contribution is 5.77. The highest BCUT2D eigenvalue weighted by Crippen LogP contribution is 2.26. The van der Waals surface area contributed by atoms with Crippen LogP contribution in [0.3, 0.4) is 0 Å². The van der Waals surface area contributed by atoms with Crippen LogP contribution in [0.5, 0.6) is 0 Å². The molecule has 0 N–H and O–H groups in total. The first-order valence-electron chi connectivity index (χ1n) is 6.85. The van der Waals surface area contributed by atoms with Gasteiger partial charge in [-0.1, -0.05) is 18.2 Å². The highest BCUT2D eigenvalue weighted by Gasteiger charge is 2.19. The van der Waals surface area contributed by atoms with E-state index in [1.54, 1.807) is 0 Å². The van der Waals surface area contributed by atoms with Gasteiger partial charge in [-0.2, -0.15) is 0 Å². The number of esters is 1. The molecule has 0 amide bonds. The molecule has 0 saturated heterocycles. The molecule has 1 heterocycles. The van der Waals surface area contributed by atoms with Crippen molar-refractivity contribution in [2.75, 3.05) is 13.6 Å². The summed E-state index contributed by atoms with van der Waals surface area (Å²) in [7, 11) is 1.89. The minimum absolute atomic E-state index is 0.0158. The van der Waals surface area contributed by atoms with Crippen molar-refractivity contribution >= 4 is 16.9 Å². The molecule has 0 aliphatic heterocycles. The number of carbonyl (C=O) groups is 1. The molecular formula is C16H21NO3. The summed E-state index contributed by atoms with van der Waals surface area (Å²) in [5.41, 5.74) is 0.868. The normalized spacial score (nSPS) is 13.1. The Balaban J connectivity index is 2.06. The summed E-state index contributed by atoms with van der Waals surface area (Å²) < 4.78 is 11.0. The molecule has 1 aromatic heterocycles. The largest absolute Gasteiger partial charge is 0.462 e. The summed E-state index contributed by atoms with van der Waals surface area (Å²) in [5, 5.41) is 1.08. The number of rotatable bonds is 5. The lowest BCUT2D eigenvalue weighted by Gasteiger charge is -2.22. The van der Waals surface area contributed by atoms with E-state index >= 15 is 0 Å². The van der Waals surface area contributed by atoms with Crippen molar-refractivity contribution in [3.05, 3.63) is 36.1 Å². The van der Waals surface area contributed by atoms with Crippen LogP contribution in [-0.2, 0) is 9.53 Å². The van der Waals surface area contributed by atoms with Gasteiger partial charge in [0.05, 0.1) is 18.7 Å². The first-order chi connectivity index (χ1) is 9.47. The van der Waals surface area contributed by atoms with Gasteiger partial charge in [0.1, 0.15) is 11.3 Å². The predicted molar refractivity (Wildman–Crippen MR) is 78.5 cm³/mol. The molecule has 20 heavy (non-hydrogen) atoms. The van der Waals surface area contributed by atoms with Crippen LogP contribution in [-0.4, -0.2) is 30.6 Å². The summed E-state index contributed by atoms with van der Waals surface area (Å²) in [6.07, 6.45) is -0.0857. The van der Waals surface area contributed by atoms with Gasteiger partial charge in [-0.05, 0) is 40.0 Å². The Morgan fingerprint density at radius 1 is 1.30 bits per heavy atom. The molecule has 2 rings (SSSR count). The number of carbonyl (C=O) groups excluding carboxylic acids is 1. The maximum Gasteiger partial charge on any atom is 0.320 e. The van der Waals surface area contributed by atoms with Gasteiger partial charge >= 0.3 is 5.97 Å². The van der Waals surface area contributed by atoms with Crippen LogP contribution in [0.15, 0.2) is 34.7 Å². The van der Waals surface area contributed by atoms with Crippen LogP contribution in [0.4, 0.5) is 0 Å². The number of benzene rings is 1. The van der Waals surface area contributed by atoms with Gasteiger partial charge in [0, 0.05) is 5.39 Å². The van der Waals surface area contributed by atoms with Crippen molar-refractivity contribution in [2.24, 2.45) is 0 Å². The quantitative estimate of drug-likeness (QED) is 0.785. The molecule has 1 aromatic carbocycles. The lowest BCUT2D eigenvalue weighted by Crippen LogP contribution is -2.30. The van der Waals surface area contributed by atoms with E-state index in [-0.39, 0.29) is 24.7 Å². The van der Waals surface area contributed by atoms with E-state index in [1.807, 2.05) is 63.1 Å². The Morgan fingerprint density at radius 2 is 2.00 bits per heavy atom. The topological polar surface area (TPSA) is 42.7 Å².